The van der Waals surface area contributed by atoms with E-state index in [1.807, 2.05) is 0 Å². The molecule has 0 saturated carbocycles. The molecule has 1 atom stereocenters. The van der Waals surface area contributed by atoms with Gasteiger partial charge in [0, 0.05) is 6.04 Å². The van der Waals surface area contributed by atoms with Gasteiger partial charge in [0.2, 0.25) is 0 Å². The van der Waals surface area contributed by atoms with Crippen molar-refractivity contribution in [2.75, 3.05) is 6.54 Å². The number of benzene rings is 1. The summed E-state index contributed by atoms with van der Waals surface area (Å²) in [6, 6.07) is 6.49. The van der Waals surface area contributed by atoms with Crippen LogP contribution < -0.4 is 11.5 Å². The minimum Gasteiger partial charge on any atom is -0.330 e. The zero-order chi connectivity index (χ0) is 9.68. The number of nitrogens with two attached hydrogens (primary N) is 2. The minimum atomic E-state index is -0.212. The summed E-state index contributed by atoms with van der Waals surface area (Å²) >= 11 is 0. The maximum atomic E-state index is 12.5. The van der Waals surface area contributed by atoms with E-state index in [0.29, 0.717) is 6.54 Å². The molecule has 0 aliphatic heterocycles. The fraction of sp³-hybridized carbons (Fsp3) is 0.400. The lowest BCUT2D eigenvalue weighted by Gasteiger charge is -2.09. The Hall–Kier alpha value is -0.930. The Bertz CT molecular complexity index is 246. The van der Waals surface area contributed by atoms with Crippen LogP contribution in [-0.2, 0) is 6.42 Å². The Balaban J connectivity index is 2.49. The van der Waals surface area contributed by atoms with Crippen LogP contribution in [0, 0.1) is 5.82 Å². The third kappa shape index (κ3) is 3.53. The van der Waals surface area contributed by atoms with Gasteiger partial charge in [-0.1, -0.05) is 12.1 Å². The van der Waals surface area contributed by atoms with Gasteiger partial charge in [-0.2, -0.15) is 0 Å². The number of halogens is 1. The molecule has 1 aromatic carbocycles. The summed E-state index contributed by atoms with van der Waals surface area (Å²) in [5, 5.41) is 0. The Labute approximate surface area is 77.7 Å². The van der Waals surface area contributed by atoms with E-state index in [4.69, 9.17) is 11.5 Å². The molecule has 3 heteroatoms. The van der Waals surface area contributed by atoms with Crippen LogP contribution in [0.4, 0.5) is 4.39 Å². The molecular weight excluding hydrogens is 167 g/mol. The van der Waals surface area contributed by atoms with Crippen molar-refractivity contribution in [3.05, 3.63) is 35.6 Å². The highest BCUT2D eigenvalue weighted by atomic mass is 19.1. The van der Waals surface area contributed by atoms with Gasteiger partial charge in [0.15, 0.2) is 0 Å². The average Bonchev–Trinajstić information content (AvgIpc) is 2.09. The van der Waals surface area contributed by atoms with Gasteiger partial charge in [-0.3, -0.25) is 0 Å². The molecule has 0 spiro atoms. The third-order valence-electron chi connectivity index (χ3n) is 1.95. The molecular formula is C10H15FN2. The quantitative estimate of drug-likeness (QED) is 0.731. The van der Waals surface area contributed by atoms with E-state index >= 15 is 0 Å². The van der Waals surface area contributed by atoms with E-state index in [9.17, 15) is 4.39 Å². The van der Waals surface area contributed by atoms with Gasteiger partial charge in [0.05, 0.1) is 0 Å². The summed E-state index contributed by atoms with van der Waals surface area (Å²) < 4.78 is 12.5. The summed E-state index contributed by atoms with van der Waals surface area (Å²) in [4.78, 5) is 0. The smallest absolute Gasteiger partial charge is 0.123 e. The molecule has 0 saturated heterocycles. The van der Waals surface area contributed by atoms with Gasteiger partial charge in [-0.15, -0.1) is 0 Å². The van der Waals surface area contributed by atoms with E-state index in [1.54, 1.807) is 12.1 Å². The minimum absolute atomic E-state index is 0.0791. The van der Waals surface area contributed by atoms with Crippen molar-refractivity contribution in [3.8, 4) is 0 Å². The highest BCUT2D eigenvalue weighted by Gasteiger charge is 2.02. The van der Waals surface area contributed by atoms with Crippen LogP contribution in [0.1, 0.15) is 12.0 Å². The Kier molecular flexibility index (Phi) is 3.86. The molecule has 13 heavy (non-hydrogen) atoms. The van der Waals surface area contributed by atoms with Crippen LogP contribution in [0.2, 0.25) is 0 Å². The molecule has 0 radical (unpaired) electrons. The normalized spacial score (nSPS) is 12.8. The van der Waals surface area contributed by atoms with Crippen molar-refractivity contribution in [3.63, 3.8) is 0 Å². The second-order valence-corrected chi connectivity index (χ2v) is 3.17. The first-order valence-electron chi connectivity index (χ1n) is 4.42. The van der Waals surface area contributed by atoms with Crippen molar-refractivity contribution in [1.82, 2.24) is 0 Å². The van der Waals surface area contributed by atoms with E-state index < -0.39 is 0 Å². The topological polar surface area (TPSA) is 52.0 Å². The summed E-state index contributed by atoms with van der Waals surface area (Å²) in [5.41, 5.74) is 12.2. The Morgan fingerprint density at radius 2 is 1.85 bits per heavy atom. The number of rotatable bonds is 4. The van der Waals surface area contributed by atoms with Crippen molar-refractivity contribution >= 4 is 0 Å². The Morgan fingerprint density at radius 3 is 2.38 bits per heavy atom. The van der Waals surface area contributed by atoms with Crippen LogP contribution in [0.25, 0.3) is 0 Å². The highest BCUT2D eigenvalue weighted by Crippen LogP contribution is 2.05. The largest absolute Gasteiger partial charge is 0.330 e. The van der Waals surface area contributed by atoms with E-state index in [0.717, 1.165) is 18.4 Å². The molecule has 0 aliphatic carbocycles. The maximum Gasteiger partial charge on any atom is 0.123 e. The second-order valence-electron chi connectivity index (χ2n) is 3.17. The fourth-order valence-corrected chi connectivity index (χ4v) is 1.24. The van der Waals surface area contributed by atoms with Crippen molar-refractivity contribution in [2.45, 2.75) is 18.9 Å². The molecule has 0 amide bonds. The third-order valence-corrected chi connectivity index (χ3v) is 1.95. The maximum absolute atomic E-state index is 12.5. The van der Waals surface area contributed by atoms with Gasteiger partial charge < -0.3 is 11.5 Å². The first kappa shape index (κ1) is 10.2. The van der Waals surface area contributed by atoms with Gasteiger partial charge in [-0.25, -0.2) is 4.39 Å². The predicted molar refractivity (Wildman–Crippen MR) is 51.8 cm³/mol. The molecule has 72 valence electrons. The van der Waals surface area contributed by atoms with Crippen LogP contribution in [0.15, 0.2) is 24.3 Å². The Morgan fingerprint density at radius 1 is 1.23 bits per heavy atom. The molecule has 4 N–H and O–H groups in total. The molecule has 0 fully saturated rings. The van der Waals surface area contributed by atoms with Gasteiger partial charge in [0.25, 0.3) is 0 Å². The zero-order valence-corrected chi connectivity index (χ0v) is 7.54. The van der Waals surface area contributed by atoms with Crippen LogP contribution in [0.5, 0.6) is 0 Å². The monoisotopic (exact) mass is 182 g/mol. The molecule has 2 nitrogen and oxygen atoms in total. The van der Waals surface area contributed by atoms with Gasteiger partial charge in [0.1, 0.15) is 5.82 Å². The van der Waals surface area contributed by atoms with E-state index in [-0.39, 0.29) is 11.9 Å². The van der Waals surface area contributed by atoms with Gasteiger partial charge >= 0.3 is 0 Å². The van der Waals surface area contributed by atoms with Crippen molar-refractivity contribution < 1.29 is 4.39 Å². The van der Waals surface area contributed by atoms with Crippen LogP contribution in [-0.4, -0.2) is 12.6 Å². The molecule has 0 aromatic heterocycles. The van der Waals surface area contributed by atoms with Crippen molar-refractivity contribution in [2.24, 2.45) is 11.5 Å². The van der Waals surface area contributed by atoms with Gasteiger partial charge in [-0.05, 0) is 37.1 Å². The lowest BCUT2D eigenvalue weighted by atomic mass is 10.0. The van der Waals surface area contributed by atoms with Crippen LogP contribution in [0.3, 0.4) is 0 Å². The van der Waals surface area contributed by atoms with Crippen molar-refractivity contribution in [1.29, 1.82) is 0 Å². The summed E-state index contributed by atoms with van der Waals surface area (Å²) in [6.07, 6.45) is 1.56. The number of hydrogen-bond acceptors (Lipinski definition) is 2. The molecule has 1 rings (SSSR count). The second kappa shape index (κ2) is 4.94. The lowest BCUT2D eigenvalue weighted by molar-refractivity contribution is 0.611. The lowest BCUT2D eigenvalue weighted by Crippen LogP contribution is -2.25. The molecule has 1 aromatic rings. The summed E-state index contributed by atoms with van der Waals surface area (Å²) in [6.45, 7) is 0.600. The number of hydrogen-bond donors (Lipinski definition) is 2. The fourth-order valence-electron chi connectivity index (χ4n) is 1.24. The molecule has 0 aliphatic rings. The SMILES string of the molecule is NCCC(N)Cc1ccc(F)cc1. The van der Waals surface area contributed by atoms with E-state index in [1.165, 1.54) is 12.1 Å². The first-order valence-corrected chi connectivity index (χ1v) is 4.42. The predicted octanol–water partition coefficient (Wildman–Crippen LogP) is 1.04. The summed E-state index contributed by atoms with van der Waals surface area (Å²) in [5.74, 6) is -0.212. The molecule has 1 unspecified atom stereocenters. The standard InChI is InChI=1S/C10H15FN2/c11-9-3-1-8(2-4-9)7-10(13)5-6-12/h1-4,10H,5-7,12-13H2. The van der Waals surface area contributed by atoms with E-state index in [2.05, 4.69) is 0 Å². The average molecular weight is 182 g/mol. The first-order chi connectivity index (χ1) is 6.22. The molecule has 0 bridgehead atoms. The van der Waals surface area contributed by atoms with Crippen LogP contribution >= 0.6 is 0 Å². The zero-order valence-electron chi connectivity index (χ0n) is 7.54. The highest BCUT2D eigenvalue weighted by molar-refractivity contribution is 5.16. The summed E-state index contributed by atoms with van der Waals surface area (Å²) in [7, 11) is 0. The molecule has 0 heterocycles.